The van der Waals surface area contributed by atoms with Crippen LogP contribution < -0.4 is 21.7 Å². The number of amides is 3. The zero-order valence-corrected chi connectivity index (χ0v) is 21.5. The highest BCUT2D eigenvalue weighted by molar-refractivity contribution is 5.94. The van der Waals surface area contributed by atoms with Gasteiger partial charge in [-0.25, -0.2) is 4.79 Å². The summed E-state index contributed by atoms with van der Waals surface area (Å²) in [6, 6.07) is 10.5. The smallest absolute Gasteiger partial charge is 0.328 e. The first-order valence-electron chi connectivity index (χ1n) is 12.4. The summed E-state index contributed by atoms with van der Waals surface area (Å²) in [6.07, 6.45) is 0.765. The number of carboxylic acid groups (broad SMARTS) is 1. The number of nitrogens with two attached hydrogens (primary N) is 1. The summed E-state index contributed by atoms with van der Waals surface area (Å²) >= 11 is 0. The van der Waals surface area contributed by atoms with Crippen molar-refractivity contribution in [1.29, 1.82) is 0 Å². The zero-order valence-electron chi connectivity index (χ0n) is 21.5. The highest BCUT2D eigenvalue weighted by atomic mass is 16.4. The van der Waals surface area contributed by atoms with E-state index in [0.717, 1.165) is 5.56 Å². The molecule has 2 rings (SSSR count). The van der Waals surface area contributed by atoms with Gasteiger partial charge in [0.25, 0.3) is 0 Å². The first-order valence-corrected chi connectivity index (χ1v) is 12.4. The highest BCUT2D eigenvalue weighted by Gasteiger charge is 2.32. The van der Waals surface area contributed by atoms with Crippen LogP contribution in [0, 0.1) is 5.92 Å². The maximum atomic E-state index is 13.4. The molecule has 206 valence electrons. The number of aliphatic hydroxyl groups excluding tert-OH is 1. The van der Waals surface area contributed by atoms with Gasteiger partial charge in [0.15, 0.2) is 0 Å². The SMILES string of the molecule is CCC(C)C(NC(=O)C(Cc1ccc(O)cc1)NC(=O)C(N)Cc1ccccc1)C(=O)NC(CO)C(=O)O. The van der Waals surface area contributed by atoms with Crippen LogP contribution in [0.5, 0.6) is 5.75 Å². The third kappa shape index (κ3) is 9.16. The number of hydrogen-bond acceptors (Lipinski definition) is 7. The molecule has 2 aromatic rings. The molecule has 0 saturated heterocycles. The van der Waals surface area contributed by atoms with E-state index in [-0.39, 0.29) is 18.6 Å². The predicted molar refractivity (Wildman–Crippen MR) is 140 cm³/mol. The van der Waals surface area contributed by atoms with Crippen LogP contribution in [0.3, 0.4) is 0 Å². The first-order chi connectivity index (χ1) is 18.0. The Hall–Kier alpha value is -3.96. The first kappa shape index (κ1) is 30.3. The van der Waals surface area contributed by atoms with Crippen molar-refractivity contribution in [2.45, 2.75) is 57.3 Å². The number of aliphatic carboxylic acids is 1. The van der Waals surface area contributed by atoms with Crippen LogP contribution in [0.25, 0.3) is 0 Å². The summed E-state index contributed by atoms with van der Waals surface area (Å²) in [5, 5.41) is 35.6. The number of nitrogens with one attached hydrogen (secondary N) is 3. The van der Waals surface area contributed by atoms with Crippen LogP contribution in [-0.2, 0) is 32.0 Å². The van der Waals surface area contributed by atoms with Gasteiger partial charge in [0.05, 0.1) is 12.6 Å². The molecule has 0 aliphatic carbocycles. The fourth-order valence-electron chi connectivity index (χ4n) is 3.72. The molecule has 0 saturated carbocycles. The number of benzene rings is 2. The molecule has 0 bridgehead atoms. The van der Waals surface area contributed by atoms with Crippen LogP contribution in [0.2, 0.25) is 0 Å². The lowest BCUT2D eigenvalue weighted by Crippen LogP contribution is -2.59. The van der Waals surface area contributed by atoms with Crippen LogP contribution in [-0.4, -0.2) is 69.8 Å². The highest BCUT2D eigenvalue weighted by Crippen LogP contribution is 2.13. The molecule has 0 aliphatic rings. The molecular weight excluding hydrogens is 492 g/mol. The van der Waals surface area contributed by atoms with Crippen LogP contribution >= 0.6 is 0 Å². The number of phenolic OH excluding ortho intramolecular Hbond substituents is 1. The number of aromatic hydroxyl groups is 1. The van der Waals surface area contributed by atoms with E-state index < -0.39 is 60.4 Å². The largest absolute Gasteiger partial charge is 0.508 e. The van der Waals surface area contributed by atoms with Gasteiger partial charge in [-0.3, -0.25) is 14.4 Å². The monoisotopic (exact) mass is 528 g/mol. The minimum absolute atomic E-state index is 0.0362. The van der Waals surface area contributed by atoms with Gasteiger partial charge in [0.2, 0.25) is 17.7 Å². The van der Waals surface area contributed by atoms with Gasteiger partial charge in [0, 0.05) is 6.42 Å². The third-order valence-corrected chi connectivity index (χ3v) is 6.23. The predicted octanol–water partition coefficient (Wildman–Crippen LogP) is 0.0821. The quantitative estimate of drug-likeness (QED) is 0.179. The number of hydrogen-bond donors (Lipinski definition) is 7. The van der Waals surface area contributed by atoms with Crippen molar-refractivity contribution in [3.8, 4) is 5.75 Å². The summed E-state index contributed by atoms with van der Waals surface area (Å²) in [7, 11) is 0. The lowest BCUT2D eigenvalue weighted by Gasteiger charge is -2.28. The molecule has 0 radical (unpaired) electrons. The van der Waals surface area contributed by atoms with Gasteiger partial charge in [-0.05, 0) is 35.6 Å². The van der Waals surface area contributed by atoms with Crippen molar-refractivity contribution in [2.75, 3.05) is 6.61 Å². The van der Waals surface area contributed by atoms with E-state index in [4.69, 9.17) is 5.73 Å². The molecule has 0 aliphatic heterocycles. The van der Waals surface area contributed by atoms with E-state index in [2.05, 4.69) is 16.0 Å². The molecule has 3 amide bonds. The van der Waals surface area contributed by atoms with Crippen LogP contribution in [0.15, 0.2) is 54.6 Å². The molecule has 5 atom stereocenters. The van der Waals surface area contributed by atoms with Gasteiger partial charge in [-0.1, -0.05) is 62.7 Å². The summed E-state index contributed by atoms with van der Waals surface area (Å²) in [5.74, 6) is -3.78. The topological polar surface area (TPSA) is 191 Å². The van der Waals surface area contributed by atoms with Crippen LogP contribution in [0.4, 0.5) is 0 Å². The van der Waals surface area contributed by atoms with Crippen molar-refractivity contribution in [2.24, 2.45) is 11.7 Å². The Balaban J connectivity index is 2.24. The lowest BCUT2D eigenvalue weighted by atomic mass is 9.96. The Kier molecular flexibility index (Phi) is 11.7. The Morgan fingerprint density at radius 1 is 0.816 bits per heavy atom. The van der Waals surface area contributed by atoms with E-state index in [1.54, 1.807) is 26.0 Å². The van der Waals surface area contributed by atoms with Crippen molar-refractivity contribution in [1.82, 2.24) is 16.0 Å². The molecule has 11 nitrogen and oxygen atoms in total. The molecule has 8 N–H and O–H groups in total. The number of carboxylic acids is 1. The molecule has 0 spiro atoms. The molecule has 0 aromatic heterocycles. The maximum absolute atomic E-state index is 13.4. The van der Waals surface area contributed by atoms with Crippen LogP contribution in [0.1, 0.15) is 31.4 Å². The van der Waals surface area contributed by atoms with Gasteiger partial charge >= 0.3 is 5.97 Å². The fourth-order valence-corrected chi connectivity index (χ4v) is 3.72. The zero-order chi connectivity index (χ0) is 28.2. The Bertz CT molecular complexity index is 1080. The number of aliphatic hydroxyl groups is 1. The number of phenols is 1. The Morgan fingerprint density at radius 2 is 1.39 bits per heavy atom. The number of carbonyl (C=O) groups is 4. The van der Waals surface area contributed by atoms with E-state index >= 15 is 0 Å². The van der Waals surface area contributed by atoms with E-state index in [1.165, 1.54) is 12.1 Å². The molecule has 5 unspecified atom stereocenters. The molecule has 38 heavy (non-hydrogen) atoms. The van der Waals surface area contributed by atoms with Crippen molar-refractivity contribution >= 4 is 23.7 Å². The second kappa shape index (κ2) is 14.7. The molecule has 0 fully saturated rings. The molecule has 0 heterocycles. The minimum Gasteiger partial charge on any atom is -0.508 e. The molecular formula is C27H36N4O7. The molecule has 11 heteroatoms. The fraction of sp³-hybridized carbons (Fsp3) is 0.407. The Morgan fingerprint density at radius 3 is 1.95 bits per heavy atom. The summed E-state index contributed by atoms with van der Waals surface area (Å²) in [5.41, 5.74) is 7.59. The second-order valence-electron chi connectivity index (χ2n) is 9.18. The third-order valence-electron chi connectivity index (χ3n) is 6.23. The Labute approximate surface area is 221 Å². The summed E-state index contributed by atoms with van der Waals surface area (Å²) in [4.78, 5) is 50.5. The van der Waals surface area contributed by atoms with Gasteiger partial charge in [0.1, 0.15) is 23.9 Å². The van der Waals surface area contributed by atoms with Crippen molar-refractivity contribution < 1.29 is 34.5 Å². The van der Waals surface area contributed by atoms with E-state index in [1.807, 2.05) is 30.3 Å². The number of carbonyl (C=O) groups excluding carboxylic acids is 3. The second-order valence-corrected chi connectivity index (χ2v) is 9.18. The minimum atomic E-state index is -1.53. The van der Waals surface area contributed by atoms with E-state index in [9.17, 15) is 34.5 Å². The standard InChI is InChI=1S/C27H36N4O7/c1-3-16(2)23(26(36)30-22(15-32)27(37)38)31-25(35)21(14-18-9-11-19(33)12-10-18)29-24(34)20(28)13-17-7-5-4-6-8-17/h4-12,16,20-23,32-33H,3,13-15,28H2,1-2H3,(H,29,34)(H,30,36)(H,31,35)(H,37,38). The average molecular weight is 529 g/mol. The van der Waals surface area contributed by atoms with Crippen molar-refractivity contribution in [3.63, 3.8) is 0 Å². The van der Waals surface area contributed by atoms with Gasteiger partial charge in [-0.2, -0.15) is 0 Å². The number of rotatable bonds is 14. The normalized spacial score (nSPS) is 14.8. The van der Waals surface area contributed by atoms with Gasteiger partial charge in [-0.15, -0.1) is 0 Å². The average Bonchev–Trinajstić information content (AvgIpc) is 2.90. The molecule has 2 aromatic carbocycles. The maximum Gasteiger partial charge on any atom is 0.328 e. The summed E-state index contributed by atoms with van der Waals surface area (Å²) in [6.45, 7) is 2.69. The summed E-state index contributed by atoms with van der Waals surface area (Å²) < 4.78 is 0. The lowest BCUT2D eigenvalue weighted by molar-refractivity contribution is -0.143. The van der Waals surface area contributed by atoms with Gasteiger partial charge < -0.3 is 37.0 Å². The van der Waals surface area contributed by atoms with E-state index in [0.29, 0.717) is 12.0 Å². The van der Waals surface area contributed by atoms with Crippen molar-refractivity contribution in [3.05, 3.63) is 65.7 Å².